The zero-order chi connectivity index (χ0) is 20.8. The fourth-order valence-corrected chi connectivity index (χ4v) is 3.75. The van der Waals surface area contributed by atoms with Gasteiger partial charge in [-0.25, -0.2) is 4.79 Å². The minimum absolute atomic E-state index is 0.260. The Labute approximate surface area is 171 Å². The van der Waals surface area contributed by atoms with E-state index in [9.17, 15) is 9.90 Å². The standard InChI is InChI=1S/C18H24N4O6S/c1-26-12-4-3-10(7-13(12)27-2)5-6-19-17(25)20-18-22-21-16(29-18)14-8-11(24)15(9-23)28-14/h3-4,7,11,14-15,23-24H,5-6,8-9H2,1-2H3,(H2,19,20,22,25)/t11-,14+,15+/m0/s1. The van der Waals surface area contributed by atoms with Gasteiger partial charge in [0.15, 0.2) is 11.5 Å². The van der Waals surface area contributed by atoms with Crippen molar-refractivity contribution in [3.8, 4) is 11.5 Å². The van der Waals surface area contributed by atoms with E-state index in [-0.39, 0.29) is 6.61 Å². The lowest BCUT2D eigenvalue weighted by Gasteiger charge is -2.10. The summed E-state index contributed by atoms with van der Waals surface area (Å²) in [5, 5.41) is 33.1. The van der Waals surface area contributed by atoms with Gasteiger partial charge in [-0.15, -0.1) is 10.2 Å². The molecule has 2 aromatic rings. The van der Waals surface area contributed by atoms with Crippen LogP contribution in [0.1, 0.15) is 23.1 Å². The Morgan fingerprint density at radius 1 is 1.31 bits per heavy atom. The lowest BCUT2D eigenvalue weighted by Crippen LogP contribution is -2.30. The highest BCUT2D eigenvalue weighted by Crippen LogP contribution is 2.35. The molecule has 3 atom stereocenters. The zero-order valence-electron chi connectivity index (χ0n) is 16.1. The number of aliphatic hydroxyl groups excluding tert-OH is 2. The van der Waals surface area contributed by atoms with Crippen LogP contribution in [0, 0.1) is 0 Å². The molecular weight excluding hydrogens is 400 g/mol. The lowest BCUT2D eigenvalue weighted by molar-refractivity contribution is -0.0227. The first-order valence-corrected chi connectivity index (χ1v) is 9.89. The van der Waals surface area contributed by atoms with Gasteiger partial charge in [-0.2, -0.15) is 0 Å². The maximum absolute atomic E-state index is 12.1. The van der Waals surface area contributed by atoms with Crippen LogP contribution in [0.3, 0.4) is 0 Å². The lowest BCUT2D eigenvalue weighted by atomic mass is 10.1. The van der Waals surface area contributed by atoms with Gasteiger partial charge in [-0.1, -0.05) is 17.4 Å². The van der Waals surface area contributed by atoms with E-state index in [1.54, 1.807) is 14.2 Å². The van der Waals surface area contributed by atoms with Crippen molar-refractivity contribution in [1.29, 1.82) is 0 Å². The monoisotopic (exact) mass is 424 g/mol. The second-order valence-corrected chi connectivity index (χ2v) is 7.42. The van der Waals surface area contributed by atoms with Crippen molar-refractivity contribution in [2.45, 2.75) is 31.2 Å². The predicted molar refractivity (Wildman–Crippen MR) is 106 cm³/mol. The van der Waals surface area contributed by atoms with Crippen LogP contribution in [0.4, 0.5) is 9.93 Å². The summed E-state index contributed by atoms with van der Waals surface area (Å²) < 4.78 is 16.0. The van der Waals surface area contributed by atoms with Gasteiger partial charge >= 0.3 is 6.03 Å². The quantitative estimate of drug-likeness (QED) is 0.495. The van der Waals surface area contributed by atoms with Crippen molar-refractivity contribution >= 4 is 22.5 Å². The Morgan fingerprint density at radius 2 is 2.10 bits per heavy atom. The Morgan fingerprint density at radius 3 is 2.79 bits per heavy atom. The summed E-state index contributed by atoms with van der Waals surface area (Å²) in [7, 11) is 3.15. The second-order valence-electron chi connectivity index (χ2n) is 6.41. The summed E-state index contributed by atoms with van der Waals surface area (Å²) in [6.45, 7) is 0.160. The van der Waals surface area contributed by atoms with Crippen LogP contribution in [0.2, 0.25) is 0 Å². The van der Waals surface area contributed by atoms with Crippen LogP contribution in [-0.4, -0.2) is 66.0 Å². The molecular formula is C18H24N4O6S. The fourth-order valence-electron chi connectivity index (χ4n) is 2.97. The average molecular weight is 424 g/mol. The molecule has 1 aliphatic rings. The van der Waals surface area contributed by atoms with Gasteiger partial charge in [0.05, 0.1) is 26.9 Å². The third kappa shape index (κ3) is 5.32. The maximum atomic E-state index is 12.1. The van der Waals surface area contributed by atoms with Crippen molar-refractivity contribution in [2.24, 2.45) is 0 Å². The van der Waals surface area contributed by atoms with Gasteiger partial charge in [0.1, 0.15) is 17.2 Å². The number of urea groups is 1. The Hall–Kier alpha value is -2.47. The Balaban J connectivity index is 1.46. The number of hydrogen-bond donors (Lipinski definition) is 4. The van der Waals surface area contributed by atoms with E-state index in [2.05, 4.69) is 20.8 Å². The summed E-state index contributed by atoms with van der Waals surface area (Å²) in [4.78, 5) is 12.1. The van der Waals surface area contributed by atoms with Crippen molar-refractivity contribution in [3.63, 3.8) is 0 Å². The van der Waals surface area contributed by atoms with E-state index in [1.165, 1.54) is 11.3 Å². The number of carbonyl (C=O) groups excluding carboxylic acids is 1. The third-order valence-electron chi connectivity index (χ3n) is 4.49. The largest absolute Gasteiger partial charge is 0.493 e. The molecule has 1 aromatic heterocycles. The maximum Gasteiger partial charge on any atom is 0.321 e. The van der Waals surface area contributed by atoms with Crippen LogP contribution >= 0.6 is 11.3 Å². The number of amides is 2. The van der Waals surface area contributed by atoms with Crippen LogP contribution in [0.15, 0.2) is 18.2 Å². The molecule has 0 aliphatic carbocycles. The number of nitrogens with zero attached hydrogens (tertiary/aromatic N) is 2. The number of rotatable bonds is 8. The summed E-state index contributed by atoms with van der Waals surface area (Å²) >= 11 is 1.17. The molecule has 1 aromatic carbocycles. The number of carbonyl (C=O) groups is 1. The molecule has 0 saturated carbocycles. The molecule has 3 rings (SSSR count). The minimum atomic E-state index is -0.745. The number of methoxy groups -OCH3 is 2. The number of anilines is 1. The molecule has 0 unspecified atom stereocenters. The number of ether oxygens (including phenoxy) is 3. The van der Waals surface area contributed by atoms with Gasteiger partial charge in [0.2, 0.25) is 5.13 Å². The molecule has 1 saturated heterocycles. The molecule has 1 aliphatic heterocycles. The summed E-state index contributed by atoms with van der Waals surface area (Å²) in [5.74, 6) is 1.29. The van der Waals surface area contributed by atoms with Crippen LogP contribution in [0.5, 0.6) is 11.5 Å². The molecule has 2 amide bonds. The van der Waals surface area contributed by atoms with Crippen LogP contribution in [-0.2, 0) is 11.2 Å². The van der Waals surface area contributed by atoms with Gasteiger partial charge < -0.3 is 29.7 Å². The molecule has 10 nitrogen and oxygen atoms in total. The first-order valence-electron chi connectivity index (χ1n) is 9.07. The molecule has 29 heavy (non-hydrogen) atoms. The summed E-state index contributed by atoms with van der Waals surface area (Å²) in [6.07, 6.45) is -0.864. The van der Waals surface area contributed by atoms with Crippen molar-refractivity contribution in [2.75, 3.05) is 32.7 Å². The van der Waals surface area contributed by atoms with Gasteiger partial charge in [0, 0.05) is 13.0 Å². The van der Waals surface area contributed by atoms with Gasteiger partial charge in [-0.3, -0.25) is 5.32 Å². The zero-order valence-corrected chi connectivity index (χ0v) is 16.9. The number of nitrogens with one attached hydrogen (secondary N) is 2. The highest BCUT2D eigenvalue weighted by Gasteiger charge is 2.36. The van der Waals surface area contributed by atoms with Crippen molar-refractivity contribution < 1.29 is 29.2 Å². The number of benzene rings is 1. The van der Waals surface area contributed by atoms with Gasteiger partial charge in [-0.05, 0) is 24.1 Å². The number of aromatic nitrogens is 2. The number of aliphatic hydroxyl groups is 2. The molecule has 0 radical (unpaired) electrons. The highest BCUT2D eigenvalue weighted by molar-refractivity contribution is 7.15. The van der Waals surface area contributed by atoms with Crippen molar-refractivity contribution in [3.05, 3.63) is 28.8 Å². The Kier molecular flexibility index (Phi) is 7.20. The number of hydrogen-bond acceptors (Lipinski definition) is 9. The predicted octanol–water partition coefficient (Wildman–Crippen LogP) is 1.10. The SMILES string of the molecule is COc1ccc(CCNC(=O)Nc2nnc([C@H]3C[C@H](O)[C@@H](CO)O3)s2)cc1OC. The summed E-state index contributed by atoms with van der Waals surface area (Å²) in [6, 6.07) is 5.20. The molecule has 1 fully saturated rings. The first-order chi connectivity index (χ1) is 14.0. The van der Waals surface area contributed by atoms with Crippen LogP contribution in [0.25, 0.3) is 0 Å². The average Bonchev–Trinajstić information content (AvgIpc) is 3.33. The molecule has 4 N–H and O–H groups in total. The minimum Gasteiger partial charge on any atom is -0.493 e. The third-order valence-corrected chi connectivity index (χ3v) is 5.42. The van der Waals surface area contributed by atoms with Crippen LogP contribution < -0.4 is 20.1 Å². The van der Waals surface area contributed by atoms with E-state index in [4.69, 9.17) is 19.3 Å². The molecule has 2 heterocycles. The molecule has 158 valence electrons. The second kappa shape index (κ2) is 9.83. The summed E-state index contributed by atoms with van der Waals surface area (Å²) in [5.41, 5.74) is 0.997. The fraction of sp³-hybridized carbons (Fsp3) is 0.500. The van der Waals surface area contributed by atoms with Crippen molar-refractivity contribution in [1.82, 2.24) is 15.5 Å². The molecule has 0 spiro atoms. The first kappa shape index (κ1) is 21.2. The van der Waals surface area contributed by atoms with E-state index in [0.29, 0.717) is 41.0 Å². The molecule has 11 heteroatoms. The smallest absolute Gasteiger partial charge is 0.321 e. The topological polar surface area (TPSA) is 135 Å². The van der Waals surface area contributed by atoms with E-state index >= 15 is 0 Å². The van der Waals surface area contributed by atoms with E-state index in [1.807, 2.05) is 18.2 Å². The normalized spacial score (nSPS) is 21.0. The molecule has 0 bridgehead atoms. The van der Waals surface area contributed by atoms with Gasteiger partial charge in [0.25, 0.3) is 0 Å². The van der Waals surface area contributed by atoms with E-state index < -0.39 is 24.3 Å². The Bertz CT molecular complexity index is 832. The van der Waals surface area contributed by atoms with E-state index in [0.717, 1.165) is 5.56 Å². The highest BCUT2D eigenvalue weighted by atomic mass is 32.1.